The van der Waals surface area contributed by atoms with Crippen LogP contribution in [0.5, 0.6) is 5.75 Å². The number of carbonyl (C=O) groups excluding carboxylic acids is 1. The Morgan fingerprint density at radius 1 is 1.43 bits per heavy atom. The summed E-state index contributed by atoms with van der Waals surface area (Å²) in [7, 11) is 0. The second-order valence-electron chi connectivity index (χ2n) is 4.67. The molecule has 0 bridgehead atoms. The molecule has 0 aliphatic heterocycles. The summed E-state index contributed by atoms with van der Waals surface area (Å²) in [4.78, 5) is 22.0. The molecule has 0 aromatic heterocycles. The van der Waals surface area contributed by atoms with Gasteiger partial charge in [-0.2, -0.15) is 0 Å². The van der Waals surface area contributed by atoms with Crippen molar-refractivity contribution in [2.75, 3.05) is 6.61 Å². The summed E-state index contributed by atoms with van der Waals surface area (Å²) in [5.41, 5.74) is 0.307. The van der Waals surface area contributed by atoms with E-state index in [1.165, 1.54) is 24.3 Å². The van der Waals surface area contributed by atoms with Gasteiger partial charge in [-0.05, 0) is 38.1 Å². The van der Waals surface area contributed by atoms with Gasteiger partial charge in [-0.25, -0.2) is 9.18 Å². The molecule has 0 saturated carbocycles. The van der Waals surface area contributed by atoms with E-state index in [1.54, 1.807) is 0 Å². The lowest BCUT2D eigenvalue weighted by atomic mass is 10.2. The maximum Gasteiger partial charge on any atom is 0.328 e. The molecule has 21 heavy (non-hydrogen) atoms. The fourth-order valence-electron chi connectivity index (χ4n) is 1.59. The van der Waals surface area contributed by atoms with Crippen molar-refractivity contribution in [3.05, 3.63) is 35.7 Å². The molecule has 0 aliphatic carbocycles. The lowest BCUT2D eigenvalue weighted by Gasteiger charge is -2.11. The molecule has 2 N–H and O–H groups in total. The number of rotatable bonds is 7. The Kier molecular flexibility index (Phi) is 6.39. The van der Waals surface area contributed by atoms with Crippen LogP contribution in [0.15, 0.2) is 24.3 Å². The highest BCUT2D eigenvalue weighted by atomic mass is 19.1. The number of benzene rings is 1. The highest BCUT2D eigenvalue weighted by molar-refractivity contribution is 5.85. The highest BCUT2D eigenvalue weighted by Gasteiger charge is 2.06. The van der Waals surface area contributed by atoms with E-state index in [-0.39, 0.29) is 25.0 Å². The van der Waals surface area contributed by atoms with Crippen LogP contribution in [0.4, 0.5) is 4.39 Å². The predicted molar refractivity (Wildman–Crippen MR) is 76.5 cm³/mol. The normalized spacial score (nSPS) is 10.9. The first-order valence-corrected chi connectivity index (χ1v) is 6.51. The lowest BCUT2D eigenvalue weighted by Crippen LogP contribution is -2.31. The molecule has 6 heteroatoms. The van der Waals surface area contributed by atoms with E-state index in [1.807, 2.05) is 13.8 Å². The number of halogens is 1. The minimum Gasteiger partial charge on any atom is -0.492 e. The molecule has 0 spiro atoms. The van der Waals surface area contributed by atoms with Gasteiger partial charge in [-0.15, -0.1) is 0 Å². The number of nitrogens with one attached hydrogen (secondary N) is 1. The molecule has 0 unspecified atom stereocenters. The van der Waals surface area contributed by atoms with Gasteiger partial charge in [0.05, 0.1) is 13.0 Å². The molecule has 114 valence electrons. The van der Waals surface area contributed by atoms with Crippen LogP contribution in [0.3, 0.4) is 0 Å². The van der Waals surface area contributed by atoms with Crippen LogP contribution in [0.1, 0.15) is 25.8 Å². The SMILES string of the molecule is CC(C)NC(=O)CCOc1ccc(F)cc1/C=C/C(=O)O. The van der Waals surface area contributed by atoms with Crippen LogP contribution in [-0.4, -0.2) is 29.6 Å². The smallest absolute Gasteiger partial charge is 0.328 e. The Balaban J connectivity index is 2.66. The van der Waals surface area contributed by atoms with Crippen LogP contribution in [0.2, 0.25) is 0 Å². The van der Waals surface area contributed by atoms with Crippen molar-refractivity contribution in [2.24, 2.45) is 0 Å². The van der Waals surface area contributed by atoms with Gasteiger partial charge < -0.3 is 15.2 Å². The molecule has 0 heterocycles. The molecule has 0 aliphatic rings. The fourth-order valence-corrected chi connectivity index (χ4v) is 1.59. The Morgan fingerprint density at radius 3 is 2.76 bits per heavy atom. The molecule has 0 atom stereocenters. The first kappa shape index (κ1) is 16.7. The second-order valence-corrected chi connectivity index (χ2v) is 4.67. The third kappa shape index (κ3) is 6.56. The van der Waals surface area contributed by atoms with Gasteiger partial charge in [0.25, 0.3) is 0 Å². The third-order valence-corrected chi connectivity index (χ3v) is 2.41. The second kappa shape index (κ2) is 8.04. The fraction of sp³-hybridized carbons (Fsp3) is 0.333. The van der Waals surface area contributed by atoms with Crippen molar-refractivity contribution < 1.29 is 23.8 Å². The molecule has 1 aromatic carbocycles. The summed E-state index contributed by atoms with van der Waals surface area (Å²) >= 11 is 0. The summed E-state index contributed by atoms with van der Waals surface area (Å²) in [5.74, 6) is -1.45. The van der Waals surface area contributed by atoms with Crippen molar-refractivity contribution in [3.8, 4) is 5.75 Å². The Morgan fingerprint density at radius 2 is 2.14 bits per heavy atom. The van der Waals surface area contributed by atoms with Crippen molar-refractivity contribution >= 4 is 18.0 Å². The van der Waals surface area contributed by atoms with E-state index in [0.717, 1.165) is 6.08 Å². The summed E-state index contributed by atoms with van der Waals surface area (Å²) in [5, 5.41) is 11.3. The third-order valence-electron chi connectivity index (χ3n) is 2.41. The molecule has 1 aromatic rings. The quantitative estimate of drug-likeness (QED) is 0.756. The number of ether oxygens (including phenoxy) is 1. The summed E-state index contributed by atoms with van der Waals surface area (Å²) in [6.07, 6.45) is 2.31. The molecule has 0 saturated heterocycles. The molecular formula is C15H18FNO4. The zero-order valence-electron chi connectivity index (χ0n) is 11.9. The van der Waals surface area contributed by atoms with Gasteiger partial charge in [-0.3, -0.25) is 4.79 Å². The lowest BCUT2D eigenvalue weighted by molar-refractivity contribution is -0.131. The summed E-state index contributed by atoms with van der Waals surface area (Å²) in [6, 6.07) is 3.83. The van der Waals surface area contributed by atoms with Crippen LogP contribution in [0, 0.1) is 5.82 Å². The van der Waals surface area contributed by atoms with Crippen LogP contribution in [-0.2, 0) is 9.59 Å². The van der Waals surface area contributed by atoms with E-state index < -0.39 is 11.8 Å². The number of aliphatic carboxylic acids is 1. The van der Waals surface area contributed by atoms with Crippen LogP contribution < -0.4 is 10.1 Å². The number of amides is 1. The standard InChI is InChI=1S/C15H18FNO4/c1-10(2)17-14(18)7-8-21-13-5-4-12(16)9-11(13)3-6-15(19)20/h3-6,9-10H,7-8H2,1-2H3,(H,17,18)(H,19,20)/b6-3+. The maximum absolute atomic E-state index is 13.2. The van der Waals surface area contributed by atoms with Crippen LogP contribution in [0.25, 0.3) is 6.08 Å². The van der Waals surface area contributed by atoms with E-state index >= 15 is 0 Å². The Hall–Kier alpha value is -2.37. The van der Waals surface area contributed by atoms with Crippen molar-refractivity contribution in [1.29, 1.82) is 0 Å². The first-order chi connectivity index (χ1) is 9.88. The van der Waals surface area contributed by atoms with Gasteiger partial charge >= 0.3 is 5.97 Å². The molecule has 1 amide bonds. The highest BCUT2D eigenvalue weighted by Crippen LogP contribution is 2.21. The van der Waals surface area contributed by atoms with Crippen LogP contribution >= 0.6 is 0 Å². The van der Waals surface area contributed by atoms with Gasteiger partial charge in [0.1, 0.15) is 11.6 Å². The minimum absolute atomic E-state index is 0.0531. The number of carboxylic acid groups (broad SMARTS) is 1. The zero-order valence-corrected chi connectivity index (χ0v) is 11.9. The topological polar surface area (TPSA) is 75.6 Å². The number of carbonyl (C=O) groups is 2. The Labute approximate surface area is 122 Å². The van der Waals surface area contributed by atoms with Gasteiger partial charge in [0, 0.05) is 17.7 Å². The molecule has 0 radical (unpaired) electrons. The number of carboxylic acids is 1. The zero-order chi connectivity index (χ0) is 15.8. The minimum atomic E-state index is -1.14. The van der Waals surface area contributed by atoms with Crippen molar-refractivity contribution in [3.63, 3.8) is 0 Å². The molecule has 5 nitrogen and oxygen atoms in total. The average Bonchev–Trinajstić information content (AvgIpc) is 2.37. The van der Waals surface area contributed by atoms with Gasteiger partial charge in [0.15, 0.2) is 0 Å². The van der Waals surface area contributed by atoms with E-state index in [0.29, 0.717) is 11.3 Å². The van der Waals surface area contributed by atoms with Gasteiger partial charge in [0.2, 0.25) is 5.91 Å². The first-order valence-electron chi connectivity index (χ1n) is 6.51. The summed E-state index contributed by atoms with van der Waals surface area (Å²) < 4.78 is 18.6. The molecule has 0 fully saturated rings. The van der Waals surface area contributed by atoms with Crippen molar-refractivity contribution in [1.82, 2.24) is 5.32 Å². The predicted octanol–water partition coefficient (Wildman–Crippen LogP) is 2.22. The van der Waals surface area contributed by atoms with E-state index in [2.05, 4.69) is 5.32 Å². The largest absolute Gasteiger partial charge is 0.492 e. The van der Waals surface area contributed by atoms with Gasteiger partial charge in [-0.1, -0.05) is 0 Å². The van der Waals surface area contributed by atoms with Crippen molar-refractivity contribution in [2.45, 2.75) is 26.3 Å². The molecular weight excluding hydrogens is 277 g/mol. The van der Waals surface area contributed by atoms with E-state index in [4.69, 9.17) is 9.84 Å². The van der Waals surface area contributed by atoms with E-state index in [9.17, 15) is 14.0 Å². The average molecular weight is 295 g/mol. The Bertz CT molecular complexity index is 540. The molecule has 1 rings (SSSR count). The monoisotopic (exact) mass is 295 g/mol. The maximum atomic E-state index is 13.2. The number of hydrogen-bond donors (Lipinski definition) is 2. The summed E-state index contributed by atoms with van der Waals surface area (Å²) in [6.45, 7) is 3.83. The number of hydrogen-bond acceptors (Lipinski definition) is 3.